The third-order valence-corrected chi connectivity index (χ3v) is 5.31. The molecule has 0 fully saturated rings. The second kappa shape index (κ2) is 7.44. The number of urea groups is 1. The van der Waals surface area contributed by atoms with Gasteiger partial charge in [-0.2, -0.15) is 5.26 Å². The molecule has 0 saturated carbocycles. The maximum Gasteiger partial charge on any atom is 0.317 e. The van der Waals surface area contributed by atoms with Crippen LogP contribution in [0.5, 0.6) is 0 Å². The van der Waals surface area contributed by atoms with Crippen molar-refractivity contribution in [3.63, 3.8) is 0 Å². The Kier molecular flexibility index (Phi) is 5.58. The fraction of sp³-hybridized carbons (Fsp3) is 0.467. The van der Waals surface area contributed by atoms with Gasteiger partial charge in [-0.05, 0) is 37.1 Å². The Bertz CT molecular complexity index is 725. The average molecular weight is 336 g/mol. The normalized spacial score (nSPS) is 14.0. The van der Waals surface area contributed by atoms with Gasteiger partial charge < -0.3 is 10.2 Å². The highest BCUT2D eigenvalue weighted by Gasteiger charge is 2.25. The molecule has 0 spiro atoms. The lowest BCUT2D eigenvalue weighted by atomic mass is 10.00. The van der Waals surface area contributed by atoms with E-state index in [-0.39, 0.29) is 10.9 Å². The molecule has 2 N–H and O–H groups in total. The number of carbonyl (C=O) groups excluding carboxylic acids is 1. The van der Waals surface area contributed by atoms with Gasteiger partial charge in [0, 0.05) is 26.1 Å². The van der Waals surface area contributed by atoms with E-state index in [1.165, 1.54) is 7.05 Å². The minimum Gasteiger partial charge on any atom is -0.338 e. The molecule has 7 nitrogen and oxygen atoms in total. The van der Waals surface area contributed by atoms with Crippen molar-refractivity contribution < 1.29 is 13.2 Å². The van der Waals surface area contributed by atoms with Crippen LogP contribution in [0.25, 0.3) is 0 Å². The van der Waals surface area contributed by atoms with Gasteiger partial charge in [0.05, 0.1) is 11.0 Å². The third-order valence-electron chi connectivity index (χ3n) is 3.81. The summed E-state index contributed by atoms with van der Waals surface area (Å²) in [6, 6.07) is 6.97. The van der Waals surface area contributed by atoms with Crippen molar-refractivity contribution in [1.82, 2.24) is 14.9 Å². The molecule has 1 aliphatic heterocycles. The molecule has 0 atom stereocenters. The number of fused-ring (bicyclic) bond motifs is 1. The van der Waals surface area contributed by atoms with Gasteiger partial charge in [-0.15, -0.1) is 0 Å². The van der Waals surface area contributed by atoms with E-state index >= 15 is 0 Å². The first-order chi connectivity index (χ1) is 11.0. The van der Waals surface area contributed by atoms with Crippen molar-refractivity contribution in [2.45, 2.75) is 30.7 Å². The monoisotopic (exact) mass is 336 g/mol. The van der Waals surface area contributed by atoms with Gasteiger partial charge in [-0.3, -0.25) is 0 Å². The fourth-order valence-electron chi connectivity index (χ4n) is 2.58. The molecule has 1 aromatic carbocycles. The lowest BCUT2D eigenvalue weighted by Crippen LogP contribution is -2.43. The highest BCUT2D eigenvalue weighted by Crippen LogP contribution is 2.25. The van der Waals surface area contributed by atoms with Crippen molar-refractivity contribution >= 4 is 16.1 Å². The number of unbranched alkanes of at least 4 members (excludes halogenated alkanes) is 1. The molecule has 124 valence electrons. The van der Waals surface area contributed by atoms with Crippen LogP contribution in [0.1, 0.15) is 24.0 Å². The first-order valence-electron chi connectivity index (χ1n) is 7.43. The smallest absolute Gasteiger partial charge is 0.317 e. The van der Waals surface area contributed by atoms with Crippen molar-refractivity contribution in [1.29, 1.82) is 5.26 Å². The molecular formula is C15H20N4O3S. The maximum atomic E-state index is 12.1. The summed E-state index contributed by atoms with van der Waals surface area (Å²) in [6.45, 7) is 1.31. The second-order valence-corrected chi connectivity index (χ2v) is 7.12. The minimum atomic E-state index is -3.50. The molecule has 0 aliphatic carbocycles. The predicted octanol–water partition coefficient (Wildman–Crippen LogP) is 0.966. The van der Waals surface area contributed by atoms with Crippen molar-refractivity contribution in [2.24, 2.45) is 0 Å². The van der Waals surface area contributed by atoms with E-state index in [2.05, 4.69) is 10.0 Å². The van der Waals surface area contributed by atoms with Gasteiger partial charge in [0.25, 0.3) is 0 Å². The first kappa shape index (κ1) is 17.2. The number of hydrogen-bond donors (Lipinski definition) is 2. The highest BCUT2D eigenvalue weighted by molar-refractivity contribution is 7.89. The Labute approximate surface area is 136 Å². The maximum absolute atomic E-state index is 12.1. The summed E-state index contributed by atoms with van der Waals surface area (Å²) in [6.07, 6.45) is 1.53. The average Bonchev–Trinajstić information content (AvgIpc) is 2.57. The van der Waals surface area contributed by atoms with E-state index in [0.29, 0.717) is 38.9 Å². The summed E-state index contributed by atoms with van der Waals surface area (Å²) < 4.78 is 26.5. The summed E-state index contributed by atoms with van der Waals surface area (Å²) in [4.78, 5) is 14.1. The molecule has 0 bridgehead atoms. The number of sulfonamides is 1. The zero-order valence-electron chi connectivity index (χ0n) is 13.0. The molecule has 2 amide bonds. The number of hydrogen-bond acceptors (Lipinski definition) is 4. The molecule has 0 saturated heterocycles. The van der Waals surface area contributed by atoms with Crippen LogP contribution in [0, 0.1) is 11.3 Å². The standard InChI is InChI=1S/C15H20N4O3S/c1-17-23(21,22)14-6-4-5-12-11-19(10-7-13(12)14)15(20)18-9-3-2-8-16/h4-6,17H,2-3,7,9-11H2,1H3,(H,18,20). The van der Waals surface area contributed by atoms with E-state index in [9.17, 15) is 13.2 Å². The van der Waals surface area contributed by atoms with Crippen LogP contribution in [0.4, 0.5) is 4.79 Å². The molecule has 2 rings (SSSR count). The summed E-state index contributed by atoms with van der Waals surface area (Å²) in [7, 11) is -2.11. The first-order valence-corrected chi connectivity index (χ1v) is 8.92. The SMILES string of the molecule is CNS(=O)(=O)c1cccc2c1CCN(C(=O)NCCCC#N)C2. The zero-order valence-corrected chi connectivity index (χ0v) is 13.8. The predicted molar refractivity (Wildman–Crippen MR) is 85.0 cm³/mol. The van der Waals surface area contributed by atoms with Crippen LogP contribution < -0.4 is 10.0 Å². The number of nitrogens with one attached hydrogen (secondary N) is 2. The van der Waals surface area contributed by atoms with Crippen molar-refractivity contribution in [3.8, 4) is 6.07 Å². The number of benzene rings is 1. The Hall–Kier alpha value is -2.11. The molecular weight excluding hydrogens is 316 g/mol. The topological polar surface area (TPSA) is 102 Å². The van der Waals surface area contributed by atoms with Crippen LogP contribution in [0.15, 0.2) is 23.1 Å². The largest absolute Gasteiger partial charge is 0.338 e. The Morgan fingerprint density at radius 3 is 2.91 bits per heavy atom. The van der Waals surface area contributed by atoms with Gasteiger partial charge in [0.15, 0.2) is 0 Å². The molecule has 0 aromatic heterocycles. The lowest BCUT2D eigenvalue weighted by molar-refractivity contribution is 0.192. The second-order valence-electron chi connectivity index (χ2n) is 5.27. The fourth-order valence-corrected chi connectivity index (χ4v) is 3.62. The van der Waals surface area contributed by atoms with Gasteiger partial charge in [-0.25, -0.2) is 17.9 Å². The number of amides is 2. The zero-order chi connectivity index (χ0) is 16.9. The summed E-state index contributed by atoms with van der Waals surface area (Å²) in [5, 5.41) is 11.3. The van der Waals surface area contributed by atoms with E-state index < -0.39 is 10.0 Å². The van der Waals surface area contributed by atoms with Crippen LogP contribution in [0.3, 0.4) is 0 Å². The highest BCUT2D eigenvalue weighted by atomic mass is 32.2. The van der Waals surface area contributed by atoms with Gasteiger partial charge in [-0.1, -0.05) is 12.1 Å². The Morgan fingerprint density at radius 1 is 1.43 bits per heavy atom. The van der Waals surface area contributed by atoms with Crippen molar-refractivity contribution in [3.05, 3.63) is 29.3 Å². The van der Waals surface area contributed by atoms with E-state index in [1.54, 1.807) is 17.0 Å². The van der Waals surface area contributed by atoms with Crippen LogP contribution >= 0.6 is 0 Å². The number of rotatable bonds is 5. The summed E-state index contributed by atoms with van der Waals surface area (Å²) in [5.74, 6) is 0. The van der Waals surface area contributed by atoms with E-state index in [4.69, 9.17) is 5.26 Å². The number of nitrogens with zero attached hydrogens (tertiary/aromatic N) is 2. The molecule has 8 heteroatoms. The van der Waals surface area contributed by atoms with E-state index in [1.807, 2.05) is 12.1 Å². The quantitative estimate of drug-likeness (QED) is 0.782. The van der Waals surface area contributed by atoms with E-state index in [0.717, 1.165) is 11.1 Å². The van der Waals surface area contributed by atoms with Crippen LogP contribution in [-0.4, -0.2) is 39.5 Å². The minimum absolute atomic E-state index is 0.185. The molecule has 0 radical (unpaired) electrons. The van der Waals surface area contributed by atoms with Gasteiger partial charge in [0.1, 0.15) is 0 Å². The Morgan fingerprint density at radius 2 is 2.22 bits per heavy atom. The molecule has 0 unspecified atom stereocenters. The third kappa shape index (κ3) is 4.00. The molecule has 23 heavy (non-hydrogen) atoms. The number of carbonyl (C=O) groups is 1. The molecule has 1 aliphatic rings. The van der Waals surface area contributed by atoms with Crippen LogP contribution in [0.2, 0.25) is 0 Å². The number of nitriles is 1. The summed E-state index contributed by atoms with van der Waals surface area (Å²) >= 11 is 0. The van der Waals surface area contributed by atoms with Gasteiger partial charge >= 0.3 is 6.03 Å². The Balaban J connectivity index is 2.09. The summed E-state index contributed by atoms with van der Waals surface area (Å²) in [5.41, 5.74) is 1.62. The lowest BCUT2D eigenvalue weighted by Gasteiger charge is -2.30. The van der Waals surface area contributed by atoms with Crippen LogP contribution in [-0.2, 0) is 23.0 Å². The molecule has 1 heterocycles. The van der Waals surface area contributed by atoms with Gasteiger partial charge in [0.2, 0.25) is 10.0 Å². The molecule has 1 aromatic rings. The van der Waals surface area contributed by atoms with Crippen molar-refractivity contribution in [2.75, 3.05) is 20.1 Å².